The first kappa shape index (κ1) is 19.8. The van der Waals surface area contributed by atoms with Crippen molar-refractivity contribution >= 4 is 33.7 Å². The minimum Gasteiger partial charge on any atom is -0.336 e. The molecular weight excluding hydrogens is 432 g/mol. The minimum absolute atomic E-state index is 0.0107. The van der Waals surface area contributed by atoms with Crippen LogP contribution in [-0.2, 0) is 4.79 Å². The fourth-order valence-corrected chi connectivity index (χ4v) is 4.56. The fraction of sp³-hybridized carbons (Fsp3) is 0.348. The third kappa shape index (κ3) is 3.62. The van der Waals surface area contributed by atoms with Gasteiger partial charge in [-0.3, -0.25) is 19.3 Å². The second-order valence-electron chi connectivity index (χ2n) is 7.79. The number of imide groups is 1. The molecule has 1 fully saturated rings. The van der Waals surface area contributed by atoms with Crippen molar-refractivity contribution in [2.75, 3.05) is 13.1 Å². The first-order chi connectivity index (χ1) is 13.9. The van der Waals surface area contributed by atoms with Crippen LogP contribution in [0, 0.1) is 13.8 Å². The lowest BCUT2D eigenvalue weighted by Gasteiger charge is -2.26. The molecule has 0 saturated carbocycles. The van der Waals surface area contributed by atoms with Gasteiger partial charge in [-0.05, 0) is 61.6 Å². The molecule has 4 rings (SSSR count). The summed E-state index contributed by atoms with van der Waals surface area (Å²) in [6.07, 6.45) is 2.05. The Morgan fingerprint density at radius 2 is 1.79 bits per heavy atom. The van der Waals surface area contributed by atoms with Crippen LogP contribution in [0.5, 0.6) is 0 Å². The molecule has 2 aromatic rings. The third-order valence-electron chi connectivity index (χ3n) is 5.97. The van der Waals surface area contributed by atoms with E-state index >= 15 is 0 Å². The molecule has 1 unspecified atom stereocenters. The van der Waals surface area contributed by atoms with Crippen LogP contribution in [0.3, 0.4) is 0 Å². The number of halogens is 1. The van der Waals surface area contributed by atoms with Crippen LogP contribution in [0.1, 0.15) is 62.7 Å². The molecule has 0 spiro atoms. The summed E-state index contributed by atoms with van der Waals surface area (Å²) in [6, 6.07) is 11.5. The van der Waals surface area contributed by atoms with Crippen LogP contribution < -0.4 is 0 Å². The molecule has 0 bridgehead atoms. The largest absolute Gasteiger partial charge is 0.336 e. The fourth-order valence-electron chi connectivity index (χ4n) is 4.20. The van der Waals surface area contributed by atoms with E-state index in [0.717, 1.165) is 22.9 Å². The predicted molar refractivity (Wildman–Crippen MR) is 114 cm³/mol. The van der Waals surface area contributed by atoms with Crippen molar-refractivity contribution in [1.29, 1.82) is 0 Å². The van der Waals surface area contributed by atoms with E-state index in [1.54, 1.807) is 18.2 Å². The highest BCUT2D eigenvalue weighted by Gasteiger charge is 2.37. The number of carbonyl (C=O) groups excluding carboxylic acids is 3. The highest BCUT2D eigenvalue weighted by molar-refractivity contribution is 9.10. The van der Waals surface area contributed by atoms with E-state index in [9.17, 15) is 14.4 Å². The number of benzene rings is 2. The maximum Gasteiger partial charge on any atom is 0.261 e. The zero-order valence-electron chi connectivity index (χ0n) is 16.6. The van der Waals surface area contributed by atoms with Gasteiger partial charge in [0.2, 0.25) is 5.91 Å². The van der Waals surface area contributed by atoms with E-state index in [2.05, 4.69) is 48.0 Å². The van der Waals surface area contributed by atoms with Crippen LogP contribution in [0.2, 0.25) is 0 Å². The third-order valence-corrected chi connectivity index (χ3v) is 6.46. The average molecular weight is 455 g/mol. The van der Waals surface area contributed by atoms with Gasteiger partial charge in [0, 0.05) is 24.0 Å². The number of likely N-dealkylation sites (tertiary alicyclic amines) is 1. The number of fused-ring (bicyclic) bond motifs is 1. The van der Waals surface area contributed by atoms with Gasteiger partial charge in [-0.2, -0.15) is 0 Å². The van der Waals surface area contributed by atoms with Crippen molar-refractivity contribution in [3.05, 3.63) is 68.7 Å². The Morgan fingerprint density at radius 1 is 1.03 bits per heavy atom. The molecule has 5 nitrogen and oxygen atoms in total. The number of aryl methyl sites for hydroxylation is 2. The summed E-state index contributed by atoms with van der Waals surface area (Å²) in [7, 11) is 0. The molecule has 1 atom stereocenters. The summed E-state index contributed by atoms with van der Waals surface area (Å²) in [5.74, 6) is -0.660. The lowest BCUT2D eigenvalue weighted by Crippen LogP contribution is -2.36. The first-order valence-electron chi connectivity index (χ1n) is 9.89. The molecule has 3 amide bonds. The standard InChI is InChI=1S/C23H23BrN2O3/c1-14-5-6-16(12-15(14)2)20-4-3-10-25(20)21(27)9-11-26-22(28)18-8-7-17(24)13-19(18)23(26)29/h5-8,12-13,20H,3-4,9-11H2,1-2H3. The van der Waals surface area contributed by atoms with Crippen LogP contribution in [0.25, 0.3) is 0 Å². The Hall–Kier alpha value is -2.47. The predicted octanol–water partition coefficient (Wildman–Crippen LogP) is 4.42. The topological polar surface area (TPSA) is 57.7 Å². The number of nitrogens with zero attached hydrogens (tertiary/aromatic N) is 2. The summed E-state index contributed by atoms with van der Waals surface area (Å²) in [4.78, 5) is 41.2. The summed E-state index contributed by atoms with van der Waals surface area (Å²) in [6.45, 7) is 4.99. The van der Waals surface area contributed by atoms with Gasteiger partial charge in [0.25, 0.3) is 11.8 Å². The number of rotatable bonds is 4. The highest BCUT2D eigenvalue weighted by atomic mass is 79.9. The van der Waals surface area contributed by atoms with Gasteiger partial charge in [-0.25, -0.2) is 0 Å². The second kappa shape index (κ2) is 7.75. The molecular formula is C23H23BrN2O3. The Labute approximate surface area is 178 Å². The summed E-state index contributed by atoms with van der Waals surface area (Å²) in [5, 5.41) is 0. The van der Waals surface area contributed by atoms with Gasteiger partial charge < -0.3 is 4.90 Å². The van der Waals surface area contributed by atoms with E-state index in [-0.39, 0.29) is 36.7 Å². The Bertz CT molecular complexity index is 1020. The summed E-state index contributed by atoms with van der Waals surface area (Å²) >= 11 is 3.33. The second-order valence-corrected chi connectivity index (χ2v) is 8.71. The molecule has 2 heterocycles. The number of hydrogen-bond acceptors (Lipinski definition) is 3. The minimum atomic E-state index is -0.328. The summed E-state index contributed by atoms with van der Waals surface area (Å²) < 4.78 is 0.753. The normalized spacial score (nSPS) is 18.5. The van der Waals surface area contributed by atoms with E-state index in [1.807, 2.05) is 4.90 Å². The molecule has 6 heteroatoms. The Morgan fingerprint density at radius 3 is 2.55 bits per heavy atom. The number of carbonyl (C=O) groups is 3. The average Bonchev–Trinajstić information content (AvgIpc) is 3.27. The van der Waals surface area contributed by atoms with Gasteiger partial charge >= 0.3 is 0 Å². The van der Waals surface area contributed by atoms with Crippen molar-refractivity contribution in [3.8, 4) is 0 Å². The van der Waals surface area contributed by atoms with Gasteiger partial charge in [0.15, 0.2) is 0 Å². The smallest absolute Gasteiger partial charge is 0.261 e. The zero-order valence-corrected chi connectivity index (χ0v) is 18.2. The van der Waals surface area contributed by atoms with Crippen LogP contribution >= 0.6 is 15.9 Å². The molecule has 1 saturated heterocycles. The quantitative estimate of drug-likeness (QED) is 0.642. The number of hydrogen-bond donors (Lipinski definition) is 0. The van der Waals surface area contributed by atoms with Crippen molar-refractivity contribution < 1.29 is 14.4 Å². The molecule has 2 aliphatic heterocycles. The van der Waals surface area contributed by atoms with E-state index < -0.39 is 0 Å². The molecule has 0 aromatic heterocycles. The first-order valence-corrected chi connectivity index (χ1v) is 10.7. The van der Waals surface area contributed by atoms with Crippen LogP contribution in [0.15, 0.2) is 40.9 Å². The monoisotopic (exact) mass is 454 g/mol. The molecule has 0 aliphatic carbocycles. The van der Waals surface area contributed by atoms with Crippen molar-refractivity contribution in [3.63, 3.8) is 0 Å². The van der Waals surface area contributed by atoms with E-state index in [0.29, 0.717) is 17.7 Å². The van der Waals surface area contributed by atoms with Crippen LogP contribution in [-0.4, -0.2) is 40.6 Å². The number of amides is 3. The van der Waals surface area contributed by atoms with Gasteiger partial charge in [0.05, 0.1) is 17.2 Å². The molecule has 2 aromatic carbocycles. The maximum atomic E-state index is 12.9. The van der Waals surface area contributed by atoms with Gasteiger partial charge in [-0.1, -0.05) is 34.1 Å². The van der Waals surface area contributed by atoms with E-state index in [4.69, 9.17) is 0 Å². The van der Waals surface area contributed by atoms with Crippen LogP contribution in [0.4, 0.5) is 0 Å². The summed E-state index contributed by atoms with van der Waals surface area (Å²) in [5.41, 5.74) is 4.41. The Balaban J connectivity index is 1.45. The molecule has 150 valence electrons. The Kier molecular flexibility index (Phi) is 5.30. The maximum absolute atomic E-state index is 12.9. The van der Waals surface area contributed by atoms with E-state index in [1.165, 1.54) is 16.0 Å². The SMILES string of the molecule is Cc1ccc(C2CCCN2C(=O)CCN2C(=O)c3ccc(Br)cc3C2=O)cc1C. The zero-order chi connectivity index (χ0) is 20.7. The van der Waals surface area contributed by atoms with Crippen molar-refractivity contribution in [2.45, 2.75) is 39.2 Å². The van der Waals surface area contributed by atoms with Gasteiger partial charge in [-0.15, -0.1) is 0 Å². The lowest BCUT2D eigenvalue weighted by atomic mass is 9.99. The molecule has 29 heavy (non-hydrogen) atoms. The van der Waals surface area contributed by atoms with Gasteiger partial charge in [0.1, 0.15) is 0 Å². The highest BCUT2D eigenvalue weighted by Crippen LogP contribution is 2.33. The lowest BCUT2D eigenvalue weighted by molar-refractivity contribution is -0.132. The molecule has 2 aliphatic rings. The molecule has 0 radical (unpaired) electrons. The van der Waals surface area contributed by atoms with Crippen molar-refractivity contribution in [1.82, 2.24) is 9.80 Å². The molecule has 0 N–H and O–H groups in total. The van der Waals surface area contributed by atoms with Crippen molar-refractivity contribution in [2.24, 2.45) is 0 Å².